The summed E-state index contributed by atoms with van der Waals surface area (Å²) in [4.78, 5) is 0. The molecule has 3 heteroatoms. The van der Waals surface area contributed by atoms with E-state index in [0.29, 0.717) is 6.61 Å². The van der Waals surface area contributed by atoms with Crippen LogP contribution in [0.5, 0.6) is 11.5 Å². The van der Waals surface area contributed by atoms with E-state index in [2.05, 4.69) is 55.6 Å². The molecule has 3 aromatic rings. The molecule has 0 spiro atoms. The molecule has 0 fully saturated rings. The Morgan fingerprint density at radius 2 is 1.52 bits per heavy atom. The molecule has 152 valence electrons. The van der Waals surface area contributed by atoms with Crippen LogP contribution in [-0.2, 0) is 6.42 Å². The van der Waals surface area contributed by atoms with Gasteiger partial charge in [0.2, 0.25) is 0 Å². The topological polar surface area (TPSA) is 30.5 Å². The molecule has 0 heterocycles. The quantitative estimate of drug-likeness (QED) is 0.392. The standard InChI is InChI=1S/C26H31NO2/c1-3-23(29-25-17-9-7-12-21(25)2)20-27-24-16-8-10-18-26(24)28-19-11-15-22-13-5-4-6-14-22/h4-10,12-14,16-18,23,27H,3,11,15,19-20H2,1-2H3. The van der Waals surface area contributed by atoms with Crippen molar-refractivity contribution in [2.24, 2.45) is 0 Å². The van der Waals surface area contributed by atoms with Crippen LogP contribution in [0, 0.1) is 6.92 Å². The maximum atomic E-state index is 6.20. The van der Waals surface area contributed by atoms with Gasteiger partial charge in [0.05, 0.1) is 18.8 Å². The first kappa shape index (κ1) is 20.8. The van der Waals surface area contributed by atoms with E-state index in [0.717, 1.165) is 48.6 Å². The Kier molecular flexibility index (Phi) is 8.00. The van der Waals surface area contributed by atoms with E-state index in [1.165, 1.54) is 5.56 Å². The minimum Gasteiger partial charge on any atom is -0.491 e. The van der Waals surface area contributed by atoms with E-state index in [9.17, 15) is 0 Å². The molecular formula is C26H31NO2. The summed E-state index contributed by atoms with van der Waals surface area (Å²) in [6.07, 6.45) is 3.05. The van der Waals surface area contributed by atoms with Crippen molar-refractivity contribution < 1.29 is 9.47 Å². The predicted molar refractivity (Wildman–Crippen MR) is 121 cm³/mol. The van der Waals surface area contributed by atoms with E-state index in [1.807, 2.05) is 42.5 Å². The van der Waals surface area contributed by atoms with Crippen molar-refractivity contribution in [1.82, 2.24) is 0 Å². The third kappa shape index (κ3) is 6.56. The van der Waals surface area contributed by atoms with Crippen LogP contribution in [-0.4, -0.2) is 19.3 Å². The minimum absolute atomic E-state index is 0.0993. The molecule has 3 aromatic carbocycles. The van der Waals surface area contributed by atoms with Crippen molar-refractivity contribution in [2.45, 2.75) is 39.2 Å². The molecule has 0 aliphatic rings. The summed E-state index contributed by atoms with van der Waals surface area (Å²) in [7, 11) is 0. The zero-order valence-electron chi connectivity index (χ0n) is 17.4. The number of para-hydroxylation sites is 3. The molecule has 0 aromatic heterocycles. The van der Waals surface area contributed by atoms with Gasteiger partial charge in [0, 0.05) is 0 Å². The smallest absolute Gasteiger partial charge is 0.142 e. The molecule has 0 radical (unpaired) electrons. The Labute approximate surface area is 174 Å². The van der Waals surface area contributed by atoms with Crippen molar-refractivity contribution in [3.8, 4) is 11.5 Å². The van der Waals surface area contributed by atoms with E-state index < -0.39 is 0 Å². The lowest BCUT2D eigenvalue weighted by Gasteiger charge is -2.21. The number of rotatable bonds is 11. The largest absolute Gasteiger partial charge is 0.491 e. The van der Waals surface area contributed by atoms with Gasteiger partial charge >= 0.3 is 0 Å². The van der Waals surface area contributed by atoms with Crippen molar-refractivity contribution >= 4 is 5.69 Å². The molecule has 0 aliphatic carbocycles. The number of benzene rings is 3. The lowest BCUT2D eigenvalue weighted by molar-refractivity contribution is 0.208. The van der Waals surface area contributed by atoms with Crippen LogP contribution >= 0.6 is 0 Å². The number of ether oxygens (including phenoxy) is 2. The third-order valence-electron chi connectivity index (χ3n) is 4.96. The Hall–Kier alpha value is -2.94. The van der Waals surface area contributed by atoms with Crippen molar-refractivity contribution in [1.29, 1.82) is 0 Å². The SMILES string of the molecule is CCC(CNc1ccccc1OCCCc1ccccc1)Oc1ccccc1C. The average Bonchev–Trinajstić information content (AvgIpc) is 2.77. The lowest BCUT2D eigenvalue weighted by atomic mass is 10.1. The van der Waals surface area contributed by atoms with E-state index in [4.69, 9.17) is 9.47 Å². The zero-order valence-corrected chi connectivity index (χ0v) is 17.4. The summed E-state index contributed by atoms with van der Waals surface area (Å²) >= 11 is 0. The first-order valence-corrected chi connectivity index (χ1v) is 10.5. The fraction of sp³-hybridized carbons (Fsp3) is 0.308. The van der Waals surface area contributed by atoms with Gasteiger partial charge in [-0.1, -0.05) is 67.6 Å². The maximum Gasteiger partial charge on any atom is 0.142 e. The molecule has 0 amide bonds. The first-order chi connectivity index (χ1) is 14.3. The van der Waals surface area contributed by atoms with Crippen LogP contribution in [0.15, 0.2) is 78.9 Å². The molecule has 1 unspecified atom stereocenters. The third-order valence-corrected chi connectivity index (χ3v) is 4.96. The number of hydrogen-bond acceptors (Lipinski definition) is 3. The van der Waals surface area contributed by atoms with Crippen molar-refractivity contribution in [3.05, 3.63) is 90.0 Å². The summed E-state index contributed by atoms with van der Waals surface area (Å²) in [6.45, 7) is 5.66. The highest BCUT2D eigenvalue weighted by Crippen LogP contribution is 2.25. The van der Waals surface area contributed by atoms with Gasteiger partial charge in [0.15, 0.2) is 0 Å². The highest BCUT2D eigenvalue weighted by atomic mass is 16.5. The van der Waals surface area contributed by atoms with Crippen LogP contribution in [0.1, 0.15) is 30.9 Å². The fourth-order valence-corrected chi connectivity index (χ4v) is 3.20. The Bertz CT molecular complexity index is 863. The average molecular weight is 390 g/mol. The van der Waals surface area contributed by atoms with Crippen molar-refractivity contribution in [2.75, 3.05) is 18.5 Å². The molecule has 3 rings (SSSR count). The molecule has 29 heavy (non-hydrogen) atoms. The van der Waals surface area contributed by atoms with Crippen LogP contribution in [0.3, 0.4) is 0 Å². The van der Waals surface area contributed by atoms with Gasteiger partial charge < -0.3 is 14.8 Å². The van der Waals surface area contributed by atoms with Gasteiger partial charge in [-0.15, -0.1) is 0 Å². The summed E-state index contributed by atoms with van der Waals surface area (Å²) in [5, 5.41) is 3.51. The second-order valence-corrected chi connectivity index (χ2v) is 7.23. The monoisotopic (exact) mass is 389 g/mol. The predicted octanol–water partition coefficient (Wildman–Crippen LogP) is 6.28. The maximum absolute atomic E-state index is 6.20. The van der Waals surface area contributed by atoms with E-state index in [1.54, 1.807) is 0 Å². The molecule has 1 N–H and O–H groups in total. The van der Waals surface area contributed by atoms with Gasteiger partial charge in [-0.2, -0.15) is 0 Å². The molecule has 1 atom stereocenters. The Morgan fingerprint density at radius 1 is 0.828 bits per heavy atom. The second-order valence-electron chi connectivity index (χ2n) is 7.23. The lowest BCUT2D eigenvalue weighted by Crippen LogP contribution is -2.25. The Morgan fingerprint density at radius 3 is 2.28 bits per heavy atom. The number of nitrogens with one attached hydrogen (secondary N) is 1. The second kappa shape index (κ2) is 11.2. The first-order valence-electron chi connectivity index (χ1n) is 10.5. The van der Waals surface area contributed by atoms with Crippen LogP contribution in [0.4, 0.5) is 5.69 Å². The highest BCUT2D eigenvalue weighted by Gasteiger charge is 2.11. The summed E-state index contributed by atoms with van der Waals surface area (Å²) in [6, 6.07) is 26.8. The molecular weight excluding hydrogens is 358 g/mol. The normalized spacial score (nSPS) is 11.7. The molecule has 0 saturated heterocycles. The molecule has 0 aliphatic heterocycles. The Balaban J connectivity index is 1.50. The van der Waals surface area contributed by atoms with Crippen LogP contribution in [0.2, 0.25) is 0 Å². The molecule has 3 nitrogen and oxygen atoms in total. The van der Waals surface area contributed by atoms with Gasteiger partial charge in [-0.05, 0) is 55.5 Å². The van der Waals surface area contributed by atoms with Crippen molar-refractivity contribution in [3.63, 3.8) is 0 Å². The summed E-state index contributed by atoms with van der Waals surface area (Å²) in [5.74, 6) is 1.85. The van der Waals surface area contributed by atoms with Crippen LogP contribution in [0.25, 0.3) is 0 Å². The van der Waals surface area contributed by atoms with Gasteiger partial charge in [-0.3, -0.25) is 0 Å². The summed E-state index contributed by atoms with van der Waals surface area (Å²) in [5.41, 5.74) is 3.52. The zero-order chi connectivity index (χ0) is 20.3. The fourth-order valence-electron chi connectivity index (χ4n) is 3.20. The highest BCUT2D eigenvalue weighted by molar-refractivity contribution is 5.56. The van der Waals surface area contributed by atoms with E-state index in [-0.39, 0.29) is 6.10 Å². The molecule has 0 bridgehead atoms. The number of anilines is 1. The summed E-state index contributed by atoms with van der Waals surface area (Å²) < 4.78 is 12.3. The van der Waals surface area contributed by atoms with Gasteiger partial charge in [0.25, 0.3) is 0 Å². The van der Waals surface area contributed by atoms with Gasteiger partial charge in [-0.25, -0.2) is 0 Å². The number of hydrogen-bond donors (Lipinski definition) is 1. The van der Waals surface area contributed by atoms with Crippen LogP contribution < -0.4 is 14.8 Å². The minimum atomic E-state index is 0.0993. The molecule has 0 saturated carbocycles. The van der Waals surface area contributed by atoms with Gasteiger partial charge in [0.1, 0.15) is 17.6 Å². The van der Waals surface area contributed by atoms with E-state index >= 15 is 0 Å². The number of aryl methyl sites for hydroxylation is 2.